The van der Waals surface area contributed by atoms with Crippen LogP contribution in [0.25, 0.3) is 10.9 Å². The molecule has 96 valence electrons. The summed E-state index contributed by atoms with van der Waals surface area (Å²) in [6.07, 6.45) is 0. The van der Waals surface area contributed by atoms with Gasteiger partial charge >= 0.3 is 0 Å². The number of hydrogen-bond acceptors (Lipinski definition) is 2. The van der Waals surface area contributed by atoms with Crippen molar-refractivity contribution in [2.75, 3.05) is 7.11 Å². The Morgan fingerprint density at radius 3 is 2.56 bits per heavy atom. The maximum atomic E-state index is 13.6. The lowest BCUT2D eigenvalue weighted by Crippen LogP contribution is -1.99. The number of halogens is 2. The quantitative estimate of drug-likeness (QED) is 0.801. The Labute approximate surface area is 111 Å². The van der Waals surface area contributed by atoms with Crippen molar-refractivity contribution in [3.8, 4) is 5.75 Å². The fourth-order valence-corrected chi connectivity index (χ4v) is 2.69. The zero-order chi connectivity index (χ0) is 13.4. The molecule has 1 aromatic carbocycles. The molecular formula is C14H15ClFNO. The SMILES string of the molecule is COc1cc2c(Cl)c(C(C)C)c(C)nc2cc1F. The van der Waals surface area contributed by atoms with Crippen molar-refractivity contribution in [3.05, 3.63) is 34.2 Å². The summed E-state index contributed by atoms with van der Waals surface area (Å²) in [5.74, 6) is 0.0282. The van der Waals surface area contributed by atoms with Crippen molar-refractivity contribution >= 4 is 22.5 Å². The number of methoxy groups -OCH3 is 1. The summed E-state index contributed by atoms with van der Waals surface area (Å²) >= 11 is 6.41. The average Bonchev–Trinajstić information content (AvgIpc) is 2.27. The molecule has 1 heterocycles. The van der Waals surface area contributed by atoms with E-state index < -0.39 is 5.82 Å². The number of aromatic nitrogens is 1. The highest BCUT2D eigenvalue weighted by molar-refractivity contribution is 6.36. The molecule has 0 aliphatic rings. The summed E-state index contributed by atoms with van der Waals surface area (Å²) in [6, 6.07) is 2.96. The standard InChI is InChI=1S/C14H15ClFNO/c1-7(2)13-8(3)17-11-6-10(16)12(18-4)5-9(11)14(13)15/h5-7H,1-4H3. The van der Waals surface area contributed by atoms with Crippen LogP contribution in [0.5, 0.6) is 5.75 Å². The van der Waals surface area contributed by atoms with E-state index in [9.17, 15) is 4.39 Å². The van der Waals surface area contributed by atoms with Gasteiger partial charge in [-0.2, -0.15) is 0 Å². The highest BCUT2D eigenvalue weighted by atomic mass is 35.5. The predicted molar refractivity (Wildman–Crippen MR) is 72.1 cm³/mol. The van der Waals surface area contributed by atoms with Gasteiger partial charge in [-0.15, -0.1) is 0 Å². The largest absolute Gasteiger partial charge is 0.494 e. The Kier molecular flexibility index (Phi) is 3.44. The van der Waals surface area contributed by atoms with E-state index in [4.69, 9.17) is 16.3 Å². The van der Waals surface area contributed by atoms with E-state index in [1.54, 1.807) is 6.07 Å². The third kappa shape index (κ3) is 2.03. The Morgan fingerprint density at radius 2 is 2.00 bits per heavy atom. The number of hydrogen-bond donors (Lipinski definition) is 0. The number of fused-ring (bicyclic) bond motifs is 1. The van der Waals surface area contributed by atoms with Gasteiger partial charge in [-0.3, -0.25) is 4.98 Å². The van der Waals surface area contributed by atoms with Crippen molar-refractivity contribution in [2.24, 2.45) is 0 Å². The molecule has 4 heteroatoms. The van der Waals surface area contributed by atoms with Crippen LogP contribution in [0.4, 0.5) is 4.39 Å². The minimum Gasteiger partial charge on any atom is -0.494 e. The van der Waals surface area contributed by atoms with E-state index in [0.717, 1.165) is 16.6 Å². The molecule has 0 amide bonds. The van der Waals surface area contributed by atoms with Crippen LogP contribution in [0, 0.1) is 12.7 Å². The molecule has 2 aromatic rings. The van der Waals surface area contributed by atoms with Crippen LogP contribution in [0.1, 0.15) is 31.0 Å². The molecule has 0 spiro atoms. The number of aryl methyl sites for hydroxylation is 1. The summed E-state index contributed by atoms with van der Waals surface area (Å²) in [5.41, 5.74) is 2.39. The van der Waals surface area contributed by atoms with Gasteiger partial charge in [0.15, 0.2) is 11.6 Å². The van der Waals surface area contributed by atoms with E-state index in [2.05, 4.69) is 18.8 Å². The van der Waals surface area contributed by atoms with E-state index >= 15 is 0 Å². The lowest BCUT2D eigenvalue weighted by Gasteiger charge is -2.14. The van der Waals surface area contributed by atoms with Gasteiger partial charge in [-0.05, 0) is 24.5 Å². The third-order valence-electron chi connectivity index (χ3n) is 3.00. The smallest absolute Gasteiger partial charge is 0.167 e. The molecule has 0 radical (unpaired) electrons. The van der Waals surface area contributed by atoms with Crippen LogP contribution in [0.3, 0.4) is 0 Å². The number of rotatable bonds is 2. The first-order valence-corrected chi connectivity index (χ1v) is 6.16. The molecule has 0 saturated carbocycles. The summed E-state index contributed by atoms with van der Waals surface area (Å²) in [7, 11) is 1.43. The van der Waals surface area contributed by atoms with Gasteiger partial charge in [0.2, 0.25) is 0 Å². The van der Waals surface area contributed by atoms with Crippen LogP contribution >= 0.6 is 11.6 Å². The van der Waals surface area contributed by atoms with Crippen molar-refractivity contribution in [1.29, 1.82) is 0 Å². The van der Waals surface area contributed by atoms with Crippen molar-refractivity contribution in [2.45, 2.75) is 26.7 Å². The summed E-state index contributed by atoms with van der Waals surface area (Å²) in [4.78, 5) is 4.41. The summed E-state index contributed by atoms with van der Waals surface area (Å²) < 4.78 is 18.6. The lowest BCUT2D eigenvalue weighted by atomic mass is 9.99. The maximum Gasteiger partial charge on any atom is 0.167 e. The first-order chi connectivity index (χ1) is 8.45. The maximum absolute atomic E-state index is 13.6. The Bertz CT molecular complexity index is 611. The topological polar surface area (TPSA) is 22.1 Å². The van der Waals surface area contributed by atoms with Gasteiger partial charge in [0.1, 0.15) is 0 Å². The zero-order valence-corrected chi connectivity index (χ0v) is 11.6. The number of benzene rings is 1. The summed E-state index contributed by atoms with van der Waals surface area (Å²) in [6.45, 7) is 6.01. The molecule has 0 aliphatic heterocycles. The van der Waals surface area contributed by atoms with Crippen molar-refractivity contribution < 1.29 is 9.13 Å². The fraction of sp³-hybridized carbons (Fsp3) is 0.357. The molecule has 2 rings (SSSR count). The number of pyridine rings is 1. The van der Waals surface area contributed by atoms with Gasteiger partial charge in [0, 0.05) is 17.1 Å². The highest BCUT2D eigenvalue weighted by Gasteiger charge is 2.16. The summed E-state index contributed by atoms with van der Waals surface area (Å²) in [5, 5.41) is 1.36. The molecule has 0 saturated heterocycles. The Hall–Kier alpha value is -1.35. The molecule has 1 aromatic heterocycles. The van der Waals surface area contributed by atoms with Crippen molar-refractivity contribution in [3.63, 3.8) is 0 Å². The van der Waals surface area contributed by atoms with E-state index in [0.29, 0.717) is 10.5 Å². The molecule has 0 atom stereocenters. The van der Waals surface area contributed by atoms with Gasteiger partial charge in [-0.1, -0.05) is 25.4 Å². The lowest BCUT2D eigenvalue weighted by molar-refractivity contribution is 0.387. The second-order valence-corrected chi connectivity index (χ2v) is 4.96. The van der Waals surface area contributed by atoms with Gasteiger partial charge in [0.25, 0.3) is 0 Å². The van der Waals surface area contributed by atoms with E-state index in [1.165, 1.54) is 13.2 Å². The zero-order valence-electron chi connectivity index (χ0n) is 10.8. The van der Waals surface area contributed by atoms with E-state index in [-0.39, 0.29) is 11.7 Å². The monoisotopic (exact) mass is 267 g/mol. The molecular weight excluding hydrogens is 253 g/mol. The van der Waals surface area contributed by atoms with Crippen LogP contribution in [-0.4, -0.2) is 12.1 Å². The van der Waals surface area contributed by atoms with Crippen LogP contribution in [0.15, 0.2) is 12.1 Å². The molecule has 18 heavy (non-hydrogen) atoms. The van der Waals surface area contributed by atoms with Crippen molar-refractivity contribution in [1.82, 2.24) is 4.98 Å². The Morgan fingerprint density at radius 1 is 1.33 bits per heavy atom. The molecule has 0 aliphatic carbocycles. The minimum absolute atomic E-state index is 0.185. The van der Waals surface area contributed by atoms with E-state index in [1.807, 2.05) is 6.92 Å². The normalized spacial score (nSPS) is 11.3. The van der Waals surface area contributed by atoms with Crippen LogP contribution in [0.2, 0.25) is 5.02 Å². The molecule has 2 nitrogen and oxygen atoms in total. The number of ether oxygens (including phenoxy) is 1. The second kappa shape index (κ2) is 4.73. The predicted octanol–water partition coefficient (Wildman–Crippen LogP) is 4.47. The average molecular weight is 268 g/mol. The van der Waals surface area contributed by atoms with Gasteiger partial charge < -0.3 is 4.74 Å². The second-order valence-electron chi connectivity index (χ2n) is 4.58. The number of nitrogens with zero attached hydrogens (tertiary/aromatic N) is 1. The van der Waals surface area contributed by atoms with Crippen LogP contribution < -0.4 is 4.74 Å². The molecule has 0 fully saturated rings. The highest BCUT2D eigenvalue weighted by Crippen LogP contribution is 2.35. The Balaban J connectivity index is 2.84. The van der Waals surface area contributed by atoms with Gasteiger partial charge in [-0.25, -0.2) is 4.39 Å². The first kappa shape index (κ1) is 13.1. The van der Waals surface area contributed by atoms with Gasteiger partial charge in [0.05, 0.1) is 17.6 Å². The minimum atomic E-state index is -0.426. The third-order valence-corrected chi connectivity index (χ3v) is 3.41. The molecule has 0 unspecified atom stereocenters. The molecule has 0 bridgehead atoms. The van der Waals surface area contributed by atoms with Crippen LogP contribution in [-0.2, 0) is 0 Å². The first-order valence-electron chi connectivity index (χ1n) is 5.79. The molecule has 0 N–H and O–H groups in total. The fourth-order valence-electron chi connectivity index (χ4n) is 2.18.